The van der Waals surface area contributed by atoms with E-state index in [1.54, 1.807) is 11.9 Å². The van der Waals surface area contributed by atoms with Crippen LogP contribution in [-0.2, 0) is 6.42 Å². The van der Waals surface area contributed by atoms with Gasteiger partial charge in [0.2, 0.25) is 0 Å². The molecule has 0 aliphatic rings. The number of halogens is 1. The van der Waals surface area contributed by atoms with Crippen molar-refractivity contribution in [2.45, 2.75) is 13.3 Å². The fourth-order valence-electron chi connectivity index (χ4n) is 1.71. The summed E-state index contributed by atoms with van der Waals surface area (Å²) in [6.45, 7) is 2.14. The van der Waals surface area contributed by atoms with Crippen molar-refractivity contribution in [3.63, 3.8) is 0 Å². The van der Waals surface area contributed by atoms with Crippen LogP contribution >= 0.6 is 11.6 Å². The van der Waals surface area contributed by atoms with Crippen LogP contribution in [0.15, 0.2) is 0 Å². The summed E-state index contributed by atoms with van der Waals surface area (Å²) in [5.74, 6) is 0.396. The third-order valence-corrected chi connectivity index (χ3v) is 2.89. The molecular weight excluding hydrogens is 252 g/mol. The van der Waals surface area contributed by atoms with Gasteiger partial charge in [-0.05, 0) is 12.0 Å². The number of aliphatic hydroxyl groups is 1. The molecule has 0 radical (unpaired) electrons. The van der Waals surface area contributed by atoms with Gasteiger partial charge in [0.05, 0.1) is 17.7 Å². The summed E-state index contributed by atoms with van der Waals surface area (Å²) in [7, 11) is 1.71. The Balaban J connectivity index is 3.51. The fraction of sp³-hybridized carbons (Fsp3) is 0.417. The highest BCUT2D eigenvalue weighted by Gasteiger charge is 2.19. The van der Waals surface area contributed by atoms with Crippen LogP contribution in [-0.4, -0.2) is 30.3 Å². The summed E-state index contributed by atoms with van der Waals surface area (Å²) in [5, 5.41) is 27.3. The number of nitrogens with zero attached hydrogens (tertiary/aromatic N) is 4. The van der Waals surface area contributed by atoms with Crippen molar-refractivity contribution in [1.82, 2.24) is 4.98 Å². The van der Waals surface area contributed by atoms with Gasteiger partial charge in [-0.2, -0.15) is 10.5 Å². The second-order valence-electron chi connectivity index (χ2n) is 3.68. The highest BCUT2D eigenvalue weighted by atomic mass is 35.5. The first kappa shape index (κ1) is 14.2. The Bertz CT molecular complexity index is 530. The van der Waals surface area contributed by atoms with Crippen molar-refractivity contribution in [2.75, 3.05) is 25.1 Å². The van der Waals surface area contributed by atoms with Crippen molar-refractivity contribution < 1.29 is 5.11 Å². The summed E-state index contributed by atoms with van der Waals surface area (Å²) in [6, 6.07) is 4.03. The van der Waals surface area contributed by atoms with E-state index in [4.69, 9.17) is 22.0 Å². The maximum Gasteiger partial charge on any atom is 0.149 e. The van der Waals surface area contributed by atoms with E-state index >= 15 is 0 Å². The standard InChI is InChI=1S/C12H13ClN4O/c1-3-8-9(6-14)11(13)16-12(10(8)7-15)17(2)4-5-18/h18H,3-5H2,1-2H3. The van der Waals surface area contributed by atoms with E-state index in [0.29, 0.717) is 29.9 Å². The van der Waals surface area contributed by atoms with Crippen molar-refractivity contribution in [1.29, 1.82) is 10.5 Å². The minimum absolute atomic E-state index is 0.0534. The van der Waals surface area contributed by atoms with Gasteiger partial charge in [-0.3, -0.25) is 0 Å². The Morgan fingerprint density at radius 3 is 2.39 bits per heavy atom. The average Bonchev–Trinajstić information content (AvgIpc) is 2.37. The molecule has 18 heavy (non-hydrogen) atoms. The molecule has 94 valence electrons. The van der Waals surface area contributed by atoms with Crippen LogP contribution in [0.1, 0.15) is 23.6 Å². The van der Waals surface area contributed by atoms with Crippen LogP contribution in [0.3, 0.4) is 0 Å². The minimum Gasteiger partial charge on any atom is -0.395 e. The van der Waals surface area contributed by atoms with Crippen LogP contribution in [0.4, 0.5) is 5.82 Å². The zero-order valence-electron chi connectivity index (χ0n) is 10.2. The molecule has 1 heterocycles. The molecule has 0 amide bonds. The predicted molar refractivity (Wildman–Crippen MR) is 68.4 cm³/mol. The summed E-state index contributed by atoms with van der Waals surface area (Å²) >= 11 is 5.95. The molecule has 0 fully saturated rings. The normalized spacial score (nSPS) is 9.67. The average molecular weight is 265 g/mol. The number of aromatic nitrogens is 1. The van der Waals surface area contributed by atoms with E-state index in [0.717, 1.165) is 0 Å². The van der Waals surface area contributed by atoms with Crippen LogP contribution in [0.5, 0.6) is 0 Å². The number of hydrogen-bond acceptors (Lipinski definition) is 5. The van der Waals surface area contributed by atoms with Gasteiger partial charge < -0.3 is 10.0 Å². The number of aliphatic hydroxyl groups excluding tert-OH is 1. The summed E-state index contributed by atoms with van der Waals surface area (Å²) in [5.41, 5.74) is 1.19. The van der Waals surface area contributed by atoms with Gasteiger partial charge in [0.15, 0.2) is 0 Å². The number of anilines is 1. The SMILES string of the molecule is CCc1c(C#N)c(Cl)nc(N(C)CCO)c1C#N. The van der Waals surface area contributed by atoms with E-state index in [1.165, 1.54) is 0 Å². The highest BCUT2D eigenvalue weighted by Crippen LogP contribution is 2.28. The molecule has 0 unspecified atom stereocenters. The Kier molecular flexibility index (Phi) is 4.91. The molecule has 0 spiro atoms. The summed E-state index contributed by atoms with van der Waals surface area (Å²) in [6.07, 6.45) is 0.522. The van der Waals surface area contributed by atoms with Crippen molar-refractivity contribution in [3.05, 3.63) is 21.8 Å². The lowest BCUT2D eigenvalue weighted by Gasteiger charge is -2.20. The monoisotopic (exact) mass is 264 g/mol. The molecule has 6 heteroatoms. The lowest BCUT2D eigenvalue weighted by molar-refractivity contribution is 0.304. The molecule has 5 nitrogen and oxygen atoms in total. The highest BCUT2D eigenvalue weighted by molar-refractivity contribution is 6.30. The molecule has 0 aromatic carbocycles. The van der Waals surface area contributed by atoms with Gasteiger partial charge >= 0.3 is 0 Å². The van der Waals surface area contributed by atoms with Gasteiger partial charge in [-0.1, -0.05) is 18.5 Å². The van der Waals surface area contributed by atoms with Crippen molar-refractivity contribution >= 4 is 17.4 Å². The molecule has 0 bridgehead atoms. The lowest BCUT2D eigenvalue weighted by Crippen LogP contribution is -2.24. The van der Waals surface area contributed by atoms with Gasteiger partial charge in [0.1, 0.15) is 23.1 Å². The predicted octanol–water partition coefficient (Wildman–Crippen LogP) is 1.47. The molecule has 0 aliphatic heterocycles. The maximum absolute atomic E-state index is 9.23. The van der Waals surface area contributed by atoms with E-state index in [2.05, 4.69) is 11.1 Å². The number of rotatable bonds is 4. The number of nitriles is 2. The zero-order valence-corrected chi connectivity index (χ0v) is 11.0. The van der Waals surface area contributed by atoms with Gasteiger partial charge in [0, 0.05) is 13.6 Å². The topological polar surface area (TPSA) is 83.9 Å². The van der Waals surface area contributed by atoms with E-state index in [9.17, 15) is 5.26 Å². The molecule has 0 aliphatic carbocycles. The summed E-state index contributed by atoms with van der Waals surface area (Å²) < 4.78 is 0. The Hall–Kier alpha value is -1.82. The van der Waals surface area contributed by atoms with Crippen molar-refractivity contribution in [2.24, 2.45) is 0 Å². The van der Waals surface area contributed by atoms with Crippen LogP contribution in [0.2, 0.25) is 5.15 Å². The number of pyridine rings is 1. The molecule has 1 aromatic rings. The molecule has 0 saturated heterocycles. The van der Waals surface area contributed by atoms with Crippen LogP contribution in [0, 0.1) is 22.7 Å². The van der Waals surface area contributed by atoms with Crippen molar-refractivity contribution in [3.8, 4) is 12.1 Å². The second-order valence-corrected chi connectivity index (χ2v) is 4.04. The maximum atomic E-state index is 9.23. The molecule has 0 atom stereocenters. The van der Waals surface area contributed by atoms with Crippen LogP contribution in [0.25, 0.3) is 0 Å². The quantitative estimate of drug-likeness (QED) is 0.833. The first-order valence-corrected chi connectivity index (χ1v) is 5.83. The second kappa shape index (κ2) is 6.20. The van der Waals surface area contributed by atoms with Gasteiger partial charge in [0.25, 0.3) is 0 Å². The Morgan fingerprint density at radius 2 is 1.94 bits per heavy atom. The molecule has 1 aromatic heterocycles. The zero-order chi connectivity index (χ0) is 13.7. The molecular formula is C12H13ClN4O. The largest absolute Gasteiger partial charge is 0.395 e. The molecule has 1 N–H and O–H groups in total. The van der Waals surface area contributed by atoms with Gasteiger partial charge in [-0.15, -0.1) is 0 Å². The molecule has 1 rings (SSSR count). The fourth-order valence-corrected chi connectivity index (χ4v) is 1.94. The number of likely N-dealkylation sites (N-methyl/N-ethyl adjacent to an activating group) is 1. The third kappa shape index (κ3) is 2.53. The minimum atomic E-state index is -0.0534. The Morgan fingerprint density at radius 1 is 1.33 bits per heavy atom. The van der Waals surface area contributed by atoms with Crippen LogP contribution < -0.4 is 4.90 Å². The first-order chi connectivity index (χ1) is 8.60. The van der Waals surface area contributed by atoms with Gasteiger partial charge in [-0.25, -0.2) is 4.98 Å². The van der Waals surface area contributed by atoms with E-state index in [1.807, 2.05) is 13.0 Å². The Labute approximate surface area is 111 Å². The first-order valence-electron chi connectivity index (χ1n) is 5.45. The smallest absolute Gasteiger partial charge is 0.149 e. The summed E-state index contributed by atoms with van der Waals surface area (Å²) in [4.78, 5) is 5.72. The van der Waals surface area contributed by atoms with E-state index in [-0.39, 0.29) is 17.3 Å². The lowest BCUT2D eigenvalue weighted by atomic mass is 10.0. The van der Waals surface area contributed by atoms with E-state index < -0.39 is 0 Å². The third-order valence-electron chi connectivity index (χ3n) is 2.61. The number of hydrogen-bond donors (Lipinski definition) is 1. The molecule has 0 saturated carbocycles.